The molecule has 0 unspecified atom stereocenters. The van der Waals surface area contributed by atoms with Gasteiger partial charge in [0.25, 0.3) is 5.92 Å². The fourth-order valence-corrected chi connectivity index (χ4v) is 2.99. The number of hydrogen-bond donors (Lipinski definition) is 1. The summed E-state index contributed by atoms with van der Waals surface area (Å²) in [5.41, 5.74) is 2.51. The van der Waals surface area contributed by atoms with Gasteiger partial charge in [-0.05, 0) is 17.5 Å². The first-order valence-corrected chi connectivity index (χ1v) is 6.56. The maximum Gasteiger partial charge on any atom is 0.265 e. The monoisotopic (exact) mass is 252 g/mol. The molecule has 1 atom stereocenters. The van der Waals surface area contributed by atoms with Gasteiger partial charge in [0, 0.05) is 32.6 Å². The van der Waals surface area contributed by atoms with Gasteiger partial charge in [-0.25, -0.2) is 8.78 Å². The lowest BCUT2D eigenvalue weighted by molar-refractivity contribution is -0.102. The van der Waals surface area contributed by atoms with Crippen LogP contribution >= 0.6 is 0 Å². The Hall–Kier alpha value is -1.00. The molecule has 0 aromatic heterocycles. The molecule has 0 spiro atoms. The minimum atomic E-state index is -2.56. The number of fused-ring (bicyclic) bond motifs is 1. The largest absolute Gasteiger partial charge is 0.315 e. The van der Waals surface area contributed by atoms with Crippen LogP contribution in [0.2, 0.25) is 0 Å². The minimum absolute atomic E-state index is 0.0458. The number of alkyl halides is 2. The first kappa shape index (κ1) is 12.1. The maximum absolute atomic E-state index is 13.9. The molecule has 1 aromatic carbocycles. The molecule has 18 heavy (non-hydrogen) atoms. The van der Waals surface area contributed by atoms with Crippen molar-refractivity contribution in [1.82, 2.24) is 10.2 Å². The lowest BCUT2D eigenvalue weighted by Gasteiger charge is -2.42. The van der Waals surface area contributed by atoms with E-state index in [9.17, 15) is 8.78 Å². The average Bonchev–Trinajstić information content (AvgIpc) is 2.38. The van der Waals surface area contributed by atoms with Crippen LogP contribution in [-0.4, -0.2) is 36.5 Å². The summed E-state index contributed by atoms with van der Waals surface area (Å²) in [6.45, 7) is 2.21. The van der Waals surface area contributed by atoms with Crippen LogP contribution in [0.15, 0.2) is 24.3 Å². The molecule has 1 saturated heterocycles. The predicted molar refractivity (Wildman–Crippen MR) is 66.8 cm³/mol. The smallest absolute Gasteiger partial charge is 0.265 e. The van der Waals surface area contributed by atoms with Gasteiger partial charge in [0.05, 0.1) is 6.04 Å². The number of benzene rings is 1. The second kappa shape index (κ2) is 4.59. The standard InChI is InChI=1S/C14H18F2N2/c15-14(16)6-7-17-9-13(14)18-8-5-11-3-1-2-4-12(11)10-18/h1-4,13,17H,5-10H2/t13-/m0/s1. The summed E-state index contributed by atoms with van der Waals surface area (Å²) < 4.78 is 27.9. The summed E-state index contributed by atoms with van der Waals surface area (Å²) in [4.78, 5) is 1.94. The molecule has 1 fully saturated rings. The Bertz CT molecular complexity index is 434. The SMILES string of the molecule is FC1(F)CCNC[C@@H]1N1CCc2ccccc2C1. The Morgan fingerprint density at radius 1 is 1.22 bits per heavy atom. The molecule has 1 N–H and O–H groups in total. The van der Waals surface area contributed by atoms with Crippen LogP contribution in [0.3, 0.4) is 0 Å². The predicted octanol–water partition coefficient (Wildman–Crippen LogP) is 2.04. The molecule has 0 amide bonds. The lowest BCUT2D eigenvalue weighted by atomic mass is 9.94. The topological polar surface area (TPSA) is 15.3 Å². The third-order valence-electron chi connectivity index (χ3n) is 4.06. The van der Waals surface area contributed by atoms with E-state index in [4.69, 9.17) is 0 Å². The first-order valence-electron chi connectivity index (χ1n) is 6.56. The molecule has 2 nitrogen and oxygen atoms in total. The zero-order valence-corrected chi connectivity index (χ0v) is 10.3. The van der Waals surface area contributed by atoms with Crippen LogP contribution in [0.5, 0.6) is 0 Å². The Morgan fingerprint density at radius 2 is 2.00 bits per heavy atom. The van der Waals surface area contributed by atoms with Gasteiger partial charge < -0.3 is 5.32 Å². The number of nitrogens with one attached hydrogen (secondary N) is 1. The molecule has 0 bridgehead atoms. The van der Waals surface area contributed by atoms with Crippen LogP contribution in [0.4, 0.5) is 8.78 Å². The lowest BCUT2D eigenvalue weighted by Crippen LogP contribution is -2.58. The van der Waals surface area contributed by atoms with Crippen molar-refractivity contribution in [2.24, 2.45) is 0 Å². The van der Waals surface area contributed by atoms with Crippen LogP contribution in [-0.2, 0) is 13.0 Å². The third-order valence-corrected chi connectivity index (χ3v) is 4.06. The molecule has 2 aliphatic heterocycles. The van der Waals surface area contributed by atoms with Crippen molar-refractivity contribution in [1.29, 1.82) is 0 Å². The van der Waals surface area contributed by atoms with Gasteiger partial charge in [0.1, 0.15) is 0 Å². The van der Waals surface area contributed by atoms with Crippen LogP contribution in [0.1, 0.15) is 17.5 Å². The normalized spacial score (nSPS) is 27.8. The third kappa shape index (κ3) is 2.15. The summed E-state index contributed by atoms with van der Waals surface area (Å²) >= 11 is 0. The van der Waals surface area contributed by atoms with Crippen LogP contribution < -0.4 is 5.32 Å². The van der Waals surface area contributed by atoms with Gasteiger partial charge in [-0.1, -0.05) is 24.3 Å². The van der Waals surface area contributed by atoms with Crippen molar-refractivity contribution in [2.45, 2.75) is 31.4 Å². The summed E-state index contributed by atoms with van der Waals surface area (Å²) in [7, 11) is 0. The highest BCUT2D eigenvalue weighted by Gasteiger charge is 2.45. The van der Waals surface area contributed by atoms with Crippen molar-refractivity contribution in [3.05, 3.63) is 35.4 Å². The van der Waals surface area contributed by atoms with Crippen molar-refractivity contribution in [3.63, 3.8) is 0 Å². The highest BCUT2D eigenvalue weighted by molar-refractivity contribution is 5.29. The minimum Gasteiger partial charge on any atom is -0.315 e. The molecular formula is C14H18F2N2. The van der Waals surface area contributed by atoms with Crippen molar-refractivity contribution >= 4 is 0 Å². The fourth-order valence-electron chi connectivity index (χ4n) is 2.99. The van der Waals surface area contributed by atoms with Crippen molar-refractivity contribution in [3.8, 4) is 0 Å². The second-order valence-electron chi connectivity index (χ2n) is 5.22. The van der Waals surface area contributed by atoms with E-state index >= 15 is 0 Å². The number of piperidine rings is 1. The molecule has 1 aromatic rings. The van der Waals surface area contributed by atoms with Crippen LogP contribution in [0, 0.1) is 0 Å². The zero-order valence-electron chi connectivity index (χ0n) is 10.3. The average molecular weight is 252 g/mol. The molecule has 0 saturated carbocycles. The highest BCUT2D eigenvalue weighted by Crippen LogP contribution is 2.32. The Morgan fingerprint density at radius 3 is 2.78 bits per heavy atom. The summed E-state index contributed by atoms with van der Waals surface area (Å²) in [5, 5.41) is 3.09. The van der Waals surface area contributed by atoms with E-state index < -0.39 is 12.0 Å². The summed E-state index contributed by atoms with van der Waals surface area (Å²) in [6, 6.07) is 7.50. The fraction of sp³-hybridized carbons (Fsp3) is 0.571. The molecule has 2 aliphatic rings. The molecule has 98 valence electrons. The van der Waals surface area contributed by atoms with E-state index in [-0.39, 0.29) is 6.42 Å². The van der Waals surface area contributed by atoms with E-state index in [2.05, 4.69) is 17.4 Å². The van der Waals surface area contributed by atoms with Crippen molar-refractivity contribution in [2.75, 3.05) is 19.6 Å². The molecule has 3 rings (SSSR count). The number of halogens is 2. The molecular weight excluding hydrogens is 234 g/mol. The van der Waals surface area contributed by atoms with Gasteiger partial charge in [-0.3, -0.25) is 4.90 Å². The number of nitrogens with zero attached hydrogens (tertiary/aromatic N) is 1. The van der Waals surface area contributed by atoms with Crippen molar-refractivity contribution < 1.29 is 8.78 Å². The molecule has 0 radical (unpaired) electrons. The number of rotatable bonds is 1. The molecule has 2 heterocycles. The van der Waals surface area contributed by atoms with Crippen LogP contribution in [0.25, 0.3) is 0 Å². The highest BCUT2D eigenvalue weighted by atomic mass is 19.3. The van der Waals surface area contributed by atoms with Gasteiger partial charge in [-0.2, -0.15) is 0 Å². The Labute approximate surface area is 106 Å². The molecule has 4 heteroatoms. The van der Waals surface area contributed by atoms with E-state index in [0.717, 1.165) is 13.0 Å². The van der Waals surface area contributed by atoms with E-state index in [0.29, 0.717) is 19.6 Å². The first-order chi connectivity index (χ1) is 8.67. The Balaban J connectivity index is 1.79. The molecule has 0 aliphatic carbocycles. The number of hydrogen-bond acceptors (Lipinski definition) is 2. The van der Waals surface area contributed by atoms with Gasteiger partial charge in [0.2, 0.25) is 0 Å². The van der Waals surface area contributed by atoms with E-state index in [1.165, 1.54) is 11.1 Å². The summed E-state index contributed by atoms with van der Waals surface area (Å²) in [5.74, 6) is -2.56. The zero-order chi connectivity index (χ0) is 12.6. The van der Waals surface area contributed by atoms with Gasteiger partial charge in [0.15, 0.2) is 0 Å². The second-order valence-corrected chi connectivity index (χ2v) is 5.22. The van der Waals surface area contributed by atoms with Gasteiger partial charge >= 0.3 is 0 Å². The quantitative estimate of drug-likeness (QED) is 0.823. The van der Waals surface area contributed by atoms with E-state index in [1.54, 1.807) is 0 Å². The summed E-state index contributed by atoms with van der Waals surface area (Å²) in [6.07, 6.45) is 0.832. The Kier molecular flexibility index (Phi) is 3.08. The van der Waals surface area contributed by atoms with E-state index in [1.807, 2.05) is 17.0 Å². The van der Waals surface area contributed by atoms with Gasteiger partial charge in [-0.15, -0.1) is 0 Å². The maximum atomic E-state index is 13.9.